The van der Waals surface area contributed by atoms with Gasteiger partial charge < -0.3 is 29.4 Å². The number of hydrogen-bond acceptors (Lipinski definition) is 6. The summed E-state index contributed by atoms with van der Waals surface area (Å²) < 4.78 is 45.9. The van der Waals surface area contributed by atoms with Crippen molar-refractivity contribution < 1.29 is 22.7 Å². The fraction of sp³-hybridized carbons (Fsp3) is 0.455. The second-order valence-corrected chi connectivity index (χ2v) is 8.57. The molecule has 188 valence electrons. The number of nitrogens with one attached hydrogen (secondary N) is 2. The molecule has 0 saturated carbocycles. The molecule has 35 heavy (non-hydrogen) atoms. The van der Waals surface area contributed by atoms with Gasteiger partial charge in [-0.05, 0) is 25.0 Å². The van der Waals surface area contributed by atoms with Gasteiger partial charge in [-0.2, -0.15) is 13.2 Å². The van der Waals surface area contributed by atoms with Crippen LogP contribution < -0.4 is 15.8 Å². The number of nitrogens with zero attached hydrogens (tertiary/aromatic N) is 5. The van der Waals surface area contributed by atoms with Gasteiger partial charge in [0.25, 0.3) is 5.56 Å². The lowest BCUT2D eigenvalue weighted by Gasteiger charge is -2.42. The summed E-state index contributed by atoms with van der Waals surface area (Å²) in [5, 5.41) is 2.33. The van der Waals surface area contributed by atoms with Crippen molar-refractivity contribution in [3.8, 4) is 0 Å². The van der Waals surface area contributed by atoms with Crippen LogP contribution in [0.3, 0.4) is 0 Å². The standard InChI is InChI=1S/C22H26F3N7O3/c1-12-8-26-19-18(12)29-17(9-27-19)32-6-5-15(16(11-32)35-4)31(3)21(34)28-14-7-13(22(23,24)25)10-30(2)20(14)33/h7-10,15-16H,5-6,11H2,1-4H3,(H,26,27)(H,28,34)/t15-,16-/m1/s1. The molecule has 0 unspecified atom stereocenters. The molecule has 1 saturated heterocycles. The van der Waals surface area contributed by atoms with Crippen LogP contribution in [0.4, 0.5) is 29.5 Å². The average molecular weight is 493 g/mol. The number of aromatic nitrogens is 4. The fourth-order valence-electron chi connectivity index (χ4n) is 4.25. The lowest BCUT2D eigenvalue weighted by molar-refractivity contribution is -0.138. The van der Waals surface area contributed by atoms with E-state index in [1.54, 1.807) is 6.20 Å². The smallest absolute Gasteiger partial charge is 0.377 e. The minimum absolute atomic E-state index is 0.378. The molecule has 0 bridgehead atoms. The number of anilines is 2. The van der Waals surface area contributed by atoms with Gasteiger partial charge in [0.05, 0.1) is 23.9 Å². The molecule has 0 aliphatic carbocycles. The average Bonchev–Trinajstić information content (AvgIpc) is 3.20. The normalized spacial score (nSPS) is 18.7. The zero-order chi connectivity index (χ0) is 25.5. The molecular formula is C22H26F3N7O3. The third kappa shape index (κ3) is 4.81. The summed E-state index contributed by atoms with van der Waals surface area (Å²) >= 11 is 0. The summed E-state index contributed by atoms with van der Waals surface area (Å²) in [6, 6.07) is -0.440. The number of alkyl halides is 3. The van der Waals surface area contributed by atoms with Crippen molar-refractivity contribution >= 4 is 28.7 Å². The van der Waals surface area contributed by atoms with Crippen molar-refractivity contribution in [1.82, 2.24) is 24.4 Å². The Kier molecular flexibility index (Phi) is 6.45. The van der Waals surface area contributed by atoms with Gasteiger partial charge in [0.1, 0.15) is 17.0 Å². The van der Waals surface area contributed by atoms with Gasteiger partial charge in [-0.3, -0.25) is 4.79 Å². The van der Waals surface area contributed by atoms with E-state index >= 15 is 0 Å². The summed E-state index contributed by atoms with van der Waals surface area (Å²) in [5.74, 6) is 0.681. The number of ether oxygens (including phenoxy) is 1. The van der Waals surface area contributed by atoms with Crippen LogP contribution in [0.2, 0.25) is 0 Å². The number of likely N-dealkylation sites (N-methyl/N-ethyl adjacent to an activating group) is 1. The fourth-order valence-corrected chi connectivity index (χ4v) is 4.25. The summed E-state index contributed by atoms with van der Waals surface area (Å²) in [5.41, 5.74) is 0.225. The van der Waals surface area contributed by atoms with E-state index in [2.05, 4.69) is 20.3 Å². The highest BCUT2D eigenvalue weighted by Crippen LogP contribution is 2.30. The molecule has 3 aromatic rings. The Bertz CT molecular complexity index is 1300. The molecule has 1 aliphatic rings. The summed E-state index contributed by atoms with van der Waals surface area (Å²) in [4.78, 5) is 40.7. The predicted octanol–water partition coefficient (Wildman–Crippen LogP) is 2.74. The van der Waals surface area contributed by atoms with E-state index in [4.69, 9.17) is 4.74 Å². The number of amides is 2. The van der Waals surface area contributed by atoms with Crippen LogP contribution >= 0.6 is 0 Å². The molecule has 0 aromatic carbocycles. The van der Waals surface area contributed by atoms with Gasteiger partial charge in [-0.25, -0.2) is 14.8 Å². The van der Waals surface area contributed by atoms with Crippen LogP contribution in [0.1, 0.15) is 17.5 Å². The lowest BCUT2D eigenvalue weighted by atomic mass is 10.0. The Morgan fingerprint density at radius 1 is 1.37 bits per heavy atom. The Balaban J connectivity index is 1.49. The number of methoxy groups -OCH3 is 1. The number of aryl methyl sites for hydroxylation is 2. The van der Waals surface area contributed by atoms with E-state index in [0.29, 0.717) is 43.2 Å². The number of carbonyl (C=O) groups is 1. The summed E-state index contributed by atoms with van der Waals surface area (Å²) in [6.45, 7) is 2.91. The Morgan fingerprint density at radius 2 is 2.11 bits per heavy atom. The topological polar surface area (TPSA) is 108 Å². The van der Waals surface area contributed by atoms with Crippen molar-refractivity contribution in [3.05, 3.63) is 46.1 Å². The molecular weight excluding hydrogens is 467 g/mol. The number of H-pyrrole nitrogens is 1. The molecule has 3 aromatic heterocycles. The van der Waals surface area contributed by atoms with Gasteiger partial charge in [0.15, 0.2) is 5.65 Å². The second kappa shape index (κ2) is 9.21. The van der Waals surface area contributed by atoms with E-state index in [9.17, 15) is 22.8 Å². The third-order valence-electron chi connectivity index (χ3n) is 6.28. The predicted molar refractivity (Wildman–Crippen MR) is 124 cm³/mol. The van der Waals surface area contributed by atoms with Gasteiger partial charge in [-0.15, -0.1) is 0 Å². The molecule has 2 atom stereocenters. The zero-order valence-corrected chi connectivity index (χ0v) is 19.7. The van der Waals surface area contributed by atoms with Crippen molar-refractivity contribution in [3.63, 3.8) is 0 Å². The van der Waals surface area contributed by atoms with E-state index in [0.717, 1.165) is 15.6 Å². The molecule has 4 heterocycles. The molecule has 2 amide bonds. The van der Waals surface area contributed by atoms with Crippen molar-refractivity contribution in [2.75, 3.05) is 37.5 Å². The van der Waals surface area contributed by atoms with Crippen molar-refractivity contribution in [1.29, 1.82) is 0 Å². The maximum Gasteiger partial charge on any atom is 0.417 e. The molecule has 13 heteroatoms. The number of hydrogen-bond donors (Lipinski definition) is 2. The van der Waals surface area contributed by atoms with Gasteiger partial charge in [0, 0.05) is 46.7 Å². The lowest BCUT2D eigenvalue weighted by Crippen LogP contribution is -2.56. The minimum Gasteiger partial charge on any atom is -0.377 e. The first-order valence-corrected chi connectivity index (χ1v) is 10.9. The number of rotatable bonds is 4. The largest absolute Gasteiger partial charge is 0.417 e. The van der Waals surface area contributed by atoms with E-state index in [-0.39, 0.29) is 6.04 Å². The van der Waals surface area contributed by atoms with Crippen molar-refractivity contribution in [2.24, 2.45) is 7.05 Å². The number of aromatic amines is 1. The number of fused-ring (bicyclic) bond motifs is 1. The Labute approximate surface area is 198 Å². The Hall–Kier alpha value is -3.61. The highest BCUT2D eigenvalue weighted by atomic mass is 19.4. The van der Waals surface area contributed by atoms with Crippen LogP contribution in [0.25, 0.3) is 11.2 Å². The van der Waals surface area contributed by atoms with Crippen LogP contribution in [-0.2, 0) is 18.0 Å². The quantitative estimate of drug-likeness (QED) is 0.579. The summed E-state index contributed by atoms with van der Waals surface area (Å²) in [7, 11) is 4.25. The molecule has 4 rings (SSSR count). The maximum atomic E-state index is 13.2. The van der Waals surface area contributed by atoms with E-state index in [1.165, 1.54) is 26.1 Å². The van der Waals surface area contributed by atoms with Crippen molar-refractivity contribution in [2.45, 2.75) is 31.7 Å². The monoisotopic (exact) mass is 493 g/mol. The molecule has 0 spiro atoms. The first kappa shape index (κ1) is 24.5. The number of halogens is 3. The number of piperidine rings is 1. The second-order valence-electron chi connectivity index (χ2n) is 8.57. The van der Waals surface area contributed by atoms with Gasteiger partial charge in [-0.1, -0.05) is 0 Å². The van der Waals surface area contributed by atoms with Gasteiger partial charge >= 0.3 is 12.2 Å². The first-order valence-electron chi connectivity index (χ1n) is 10.9. The highest BCUT2D eigenvalue weighted by Gasteiger charge is 2.36. The Morgan fingerprint density at radius 3 is 2.80 bits per heavy atom. The SMILES string of the molecule is CO[C@@H]1CN(c2cnc3[nH]cc(C)c3n2)CC[C@H]1N(C)C(=O)Nc1cc(C(F)(F)F)cn(C)c1=O. The zero-order valence-electron chi connectivity index (χ0n) is 19.7. The summed E-state index contributed by atoms with van der Waals surface area (Å²) in [6.07, 6.45) is -0.360. The number of carbonyl (C=O) groups excluding carboxylic acids is 1. The molecule has 1 fully saturated rings. The van der Waals surface area contributed by atoms with Crippen LogP contribution in [-0.4, -0.2) is 69.8 Å². The van der Waals surface area contributed by atoms with E-state index < -0.39 is 35.1 Å². The molecule has 0 radical (unpaired) electrons. The van der Waals surface area contributed by atoms with Crippen LogP contribution in [0, 0.1) is 6.92 Å². The van der Waals surface area contributed by atoms with E-state index in [1.807, 2.05) is 18.0 Å². The van der Waals surface area contributed by atoms with Crippen LogP contribution in [0.5, 0.6) is 0 Å². The molecule has 2 N–H and O–H groups in total. The number of urea groups is 1. The maximum absolute atomic E-state index is 13.2. The molecule has 1 aliphatic heterocycles. The first-order chi connectivity index (χ1) is 16.5. The minimum atomic E-state index is -4.66. The molecule has 10 nitrogen and oxygen atoms in total. The highest BCUT2D eigenvalue weighted by molar-refractivity contribution is 5.89. The number of pyridine rings is 1. The van der Waals surface area contributed by atoms with Gasteiger partial charge in [0.2, 0.25) is 0 Å². The van der Waals surface area contributed by atoms with Crippen LogP contribution in [0.15, 0.2) is 29.5 Å². The third-order valence-corrected chi connectivity index (χ3v) is 6.28.